The monoisotopic (exact) mass is 237 g/mol. The molecule has 0 aliphatic heterocycles. The van der Waals surface area contributed by atoms with E-state index in [9.17, 15) is 0 Å². The van der Waals surface area contributed by atoms with Crippen molar-refractivity contribution in [1.29, 1.82) is 0 Å². The lowest BCUT2D eigenvalue weighted by Gasteiger charge is -2.22. The topological polar surface area (TPSA) is 12.0 Å². The summed E-state index contributed by atoms with van der Waals surface area (Å²) in [5, 5.41) is 4.38. The van der Waals surface area contributed by atoms with Crippen LogP contribution in [0.5, 0.6) is 0 Å². The highest BCUT2D eigenvalue weighted by atomic mass is 35.5. The molecule has 0 bridgehead atoms. The number of rotatable bonds is 6. The molecule has 0 heterocycles. The van der Waals surface area contributed by atoms with Crippen LogP contribution in [0.15, 0.2) is 36.9 Å². The van der Waals surface area contributed by atoms with Crippen molar-refractivity contribution in [2.75, 3.05) is 0 Å². The van der Waals surface area contributed by atoms with Crippen molar-refractivity contribution in [3.8, 4) is 0 Å². The first kappa shape index (κ1) is 13.3. The molecule has 16 heavy (non-hydrogen) atoms. The van der Waals surface area contributed by atoms with Gasteiger partial charge in [0.05, 0.1) is 0 Å². The van der Waals surface area contributed by atoms with E-state index >= 15 is 0 Å². The normalized spacial score (nSPS) is 14.4. The first-order chi connectivity index (χ1) is 7.67. The summed E-state index contributed by atoms with van der Waals surface area (Å²) in [6, 6.07) is 8.87. The van der Waals surface area contributed by atoms with Crippen molar-refractivity contribution in [3.05, 3.63) is 47.5 Å². The smallest absolute Gasteiger partial charge is 0.0409 e. The van der Waals surface area contributed by atoms with Gasteiger partial charge in [-0.15, -0.1) is 6.58 Å². The number of nitrogens with one attached hydrogen (secondary N) is 1. The number of hydrogen-bond donors (Lipinski definition) is 1. The number of hydrogen-bond acceptors (Lipinski definition) is 1. The van der Waals surface area contributed by atoms with Gasteiger partial charge in [0, 0.05) is 17.1 Å². The molecule has 1 nitrogen and oxygen atoms in total. The lowest BCUT2D eigenvalue weighted by molar-refractivity contribution is 0.448. The van der Waals surface area contributed by atoms with E-state index in [1.165, 1.54) is 5.56 Å². The molecule has 2 atom stereocenters. The van der Waals surface area contributed by atoms with Gasteiger partial charge in [0.15, 0.2) is 0 Å². The van der Waals surface area contributed by atoms with E-state index in [0.29, 0.717) is 12.1 Å². The maximum Gasteiger partial charge on any atom is 0.0409 e. The second-order valence-electron chi connectivity index (χ2n) is 4.11. The molecule has 2 unspecified atom stereocenters. The minimum absolute atomic E-state index is 0.369. The van der Waals surface area contributed by atoms with Gasteiger partial charge in [0.25, 0.3) is 0 Å². The molecule has 88 valence electrons. The van der Waals surface area contributed by atoms with E-state index in [1.807, 2.05) is 24.3 Å². The van der Waals surface area contributed by atoms with Crippen LogP contribution in [0.3, 0.4) is 0 Å². The van der Waals surface area contributed by atoms with E-state index in [1.54, 1.807) is 0 Å². The average molecular weight is 238 g/mol. The predicted octanol–water partition coefficient (Wildman–Crippen LogP) is 4.35. The molecule has 0 spiro atoms. The van der Waals surface area contributed by atoms with E-state index in [2.05, 4.69) is 31.8 Å². The third kappa shape index (κ3) is 3.99. The third-order valence-electron chi connectivity index (χ3n) is 2.67. The summed E-state index contributed by atoms with van der Waals surface area (Å²) in [4.78, 5) is 0. The summed E-state index contributed by atoms with van der Waals surface area (Å²) in [6.07, 6.45) is 3.99. The average Bonchev–Trinajstić information content (AvgIpc) is 2.26. The molecule has 0 aliphatic carbocycles. The summed E-state index contributed by atoms with van der Waals surface area (Å²) in [6.45, 7) is 8.11. The fraction of sp³-hybridized carbons (Fsp3) is 0.429. The van der Waals surface area contributed by atoms with Crippen molar-refractivity contribution < 1.29 is 0 Å². The van der Waals surface area contributed by atoms with Crippen LogP contribution in [0.1, 0.15) is 38.3 Å². The SMILES string of the molecule is C=CCC(C)NC(CC)c1cccc(Cl)c1. The molecule has 0 radical (unpaired) electrons. The second-order valence-corrected chi connectivity index (χ2v) is 4.54. The van der Waals surface area contributed by atoms with Gasteiger partial charge >= 0.3 is 0 Å². The Balaban J connectivity index is 2.70. The zero-order valence-electron chi connectivity index (χ0n) is 10.0. The van der Waals surface area contributed by atoms with Crippen molar-refractivity contribution in [2.45, 2.75) is 38.8 Å². The minimum atomic E-state index is 0.369. The highest BCUT2D eigenvalue weighted by molar-refractivity contribution is 6.30. The second kappa shape index (κ2) is 6.72. The van der Waals surface area contributed by atoms with Gasteiger partial charge in [0.1, 0.15) is 0 Å². The largest absolute Gasteiger partial charge is 0.307 e. The fourth-order valence-electron chi connectivity index (χ4n) is 1.83. The first-order valence-electron chi connectivity index (χ1n) is 5.79. The minimum Gasteiger partial charge on any atom is -0.307 e. The van der Waals surface area contributed by atoms with Crippen LogP contribution in [0.25, 0.3) is 0 Å². The van der Waals surface area contributed by atoms with E-state index < -0.39 is 0 Å². The molecule has 0 saturated carbocycles. The Morgan fingerprint density at radius 1 is 1.50 bits per heavy atom. The summed E-state index contributed by atoms with van der Waals surface area (Å²) >= 11 is 6.00. The summed E-state index contributed by atoms with van der Waals surface area (Å²) < 4.78 is 0. The molecule has 0 aromatic heterocycles. The molecule has 0 amide bonds. The van der Waals surface area contributed by atoms with E-state index in [-0.39, 0.29) is 0 Å². The highest BCUT2D eigenvalue weighted by Gasteiger charge is 2.11. The van der Waals surface area contributed by atoms with Gasteiger partial charge in [0.2, 0.25) is 0 Å². The zero-order chi connectivity index (χ0) is 12.0. The zero-order valence-corrected chi connectivity index (χ0v) is 10.8. The fourth-order valence-corrected chi connectivity index (χ4v) is 2.03. The van der Waals surface area contributed by atoms with E-state index in [0.717, 1.165) is 17.9 Å². The molecule has 1 aromatic carbocycles. The van der Waals surface area contributed by atoms with Gasteiger partial charge in [-0.2, -0.15) is 0 Å². The Kier molecular flexibility index (Phi) is 5.58. The van der Waals surface area contributed by atoms with Crippen LogP contribution in [0.2, 0.25) is 5.02 Å². The third-order valence-corrected chi connectivity index (χ3v) is 2.90. The van der Waals surface area contributed by atoms with Crippen LogP contribution < -0.4 is 5.32 Å². The molecule has 2 heteroatoms. The van der Waals surface area contributed by atoms with Crippen LogP contribution in [-0.4, -0.2) is 6.04 Å². The number of halogens is 1. The Bertz CT molecular complexity index is 335. The van der Waals surface area contributed by atoms with Crippen LogP contribution >= 0.6 is 11.6 Å². The van der Waals surface area contributed by atoms with Crippen LogP contribution in [0, 0.1) is 0 Å². The number of benzene rings is 1. The maximum atomic E-state index is 6.00. The Morgan fingerprint density at radius 3 is 2.81 bits per heavy atom. The molecule has 0 fully saturated rings. The lowest BCUT2D eigenvalue weighted by Crippen LogP contribution is -2.29. The maximum absolute atomic E-state index is 6.00. The molecule has 1 N–H and O–H groups in total. The van der Waals surface area contributed by atoms with Gasteiger partial charge in [-0.05, 0) is 37.5 Å². The molecular weight excluding hydrogens is 218 g/mol. The Hall–Kier alpha value is -0.790. The van der Waals surface area contributed by atoms with Gasteiger partial charge in [-0.3, -0.25) is 0 Å². The van der Waals surface area contributed by atoms with Gasteiger partial charge < -0.3 is 5.32 Å². The Labute approximate surface area is 104 Å². The summed E-state index contributed by atoms with van der Waals surface area (Å²) in [7, 11) is 0. The summed E-state index contributed by atoms with van der Waals surface area (Å²) in [5.74, 6) is 0. The lowest BCUT2D eigenvalue weighted by atomic mass is 10.0. The first-order valence-corrected chi connectivity index (χ1v) is 6.17. The quantitative estimate of drug-likeness (QED) is 0.726. The molecule has 0 saturated heterocycles. The van der Waals surface area contributed by atoms with Crippen molar-refractivity contribution >= 4 is 11.6 Å². The molecule has 0 aliphatic rings. The van der Waals surface area contributed by atoms with Crippen molar-refractivity contribution in [2.24, 2.45) is 0 Å². The van der Waals surface area contributed by atoms with Crippen molar-refractivity contribution in [3.63, 3.8) is 0 Å². The van der Waals surface area contributed by atoms with Crippen molar-refractivity contribution in [1.82, 2.24) is 5.32 Å². The standard InChI is InChI=1S/C14H20ClN/c1-4-7-11(3)16-14(5-2)12-8-6-9-13(15)10-12/h4,6,8-11,14,16H,1,5,7H2,2-3H3. The van der Waals surface area contributed by atoms with Gasteiger partial charge in [-0.1, -0.05) is 36.7 Å². The van der Waals surface area contributed by atoms with E-state index in [4.69, 9.17) is 11.6 Å². The highest BCUT2D eigenvalue weighted by Crippen LogP contribution is 2.21. The molecule has 1 aromatic rings. The van der Waals surface area contributed by atoms with Gasteiger partial charge in [-0.25, -0.2) is 0 Å². The Morgan fingerprint density at radius 2 is 2.25 bits per heavy atom. The predicted molar refractivity (Wildman–Crippen MR) is 71.9 cm³/mol. The molecular formula is C14H20ClN. The molecule has 1 rings (SSSR count). The summed E-state index contributed by atoms with van der Waals surface area (Å²) in [5.41, 5.74) is 1.26. The van der Waals surface area contributed by atoms with Crippen LogP contribution in [0.4, 0.5) is 0 Å². The van der Waals surface area contributed by atoms with Crippen LogP contribution in [-0.2, 0) is 0 Å².